The maximum Gasteiger partial charge on any atom is 0.137 e. The van der Waals surface area contributed by atoms with E-state index in [0.29, 0.717) is 11.0 Å². The molecule has 0 aromatic heterocycles. The first-order valence-corrected chi connectivity index (χ1v) is 4.72. The fraction of sp³-hybridized carbons (Fsp3) is 0.200. The molecule has 1 rings (SSSR count). The van der Waals surface area contributed by atoms with Crippen molar-refractivity contribution >= 4 is 21.6 Å². The molecule has 0 heterocycles. The van der Waals surface area contributed by atoms with Crippen LogP contribution in [0.1, 0.15) is 6.92 Å². The number of hydrogen-bond acceptors (Lipinski definition) is 1. The van der Waals surface area contributed by atoms with Gasteiger partial charge in [0.05, 0.1) is 4.47 Å². The number of rotatable bonds is 3. The molecule has 0 aliphatic carbocycles. The Hall–Kier alpha value is -0.830. The Morgan fingerprint density at radius 2 is 2.31 bits per heavy atom. The second-order valence-electron chi connectivity index (χ2n) is 2.94. The van der Waals surface area contributed by atoms with E-state index >= 15 is 0 Å². The Morgan fingerprint density at radius 1 is 1.62 bits per heavy atom. The summed E-state index contributed by atoms with van der Waals surface area (Å²) in [6.07, 6.45) is 0. The van der Waals surface area contributed by atoms with Gasteiger partial charge in [0.15, 0.2) is 0 Å². The van der Waals surface area contributed by atoms with Crippen LogP contribution in [-0.4, -0.2) is 6.54 Å². The predicted molar refractivity (Wildman–Crippen MR) is 57.4 cm³/mol. The van der Waals surface area contributed by atoms with E-state index in [0.717, 1.165) is 11.3 Å². The lowest BCUT2D eigenvalue weighted by molar-refractivity contribution is 0.621. The molecule has 0 spiro atoms. The molecular weight excluding hydrogens is 233 g/mol. The van der Waals surface area contributed by atoms with Gasteiger partial charge >= 0.3 is 0 Å². The summed E-state index contributed by atoms with van der Waals surface area (Å²) in [4.78, 5) is 0. The number of anilines is 1. The third-order valence-electron chi connectivity index (χ3n) is 1.51. The molecule has 1 nitrogen and oxygen atoms in total. The first-order chi connectivity index (χ1) is 6.09. The monoisotopic (exact) mass is 243 g/mol. The second-order valence-corrected chi connectivity index (χ2v) is 3.79. The van der Waals surface area contributed by atoms with Crippen LogP contribution in [0.15, 0.2) is 34.8 Å². The quantitative estimate of drug-likeness (QED) is 0.801. The lowest BCUT2D eigenvalue weighted by Crippen LogP contribution is -2.01. The van der Waals surface area contributed by atoms with E-state index in [4.69, 9.17) is 0 Å². The zero-order valence-corrected chi connectivity index (χ0v) is 8.99. The normalized spacial score (nSPS) is 9.77. The molecule has 0 saturated heterocycles. The number of nitrogens with one attached hydrogen (secondary N) is 1. The van der Waals surface area contributed by atoms with Crippen molar-refractivity contribution in [2.75, 3.05) is 11.9 Å². The van der Waals surface area contributed by atoms with Crippen LogP contribution in [0.2, 0.25) is 0 Å². The summed E-state index contributed by atoms with van der Waals surface area (Å²) in [7, 11) is 0. The van der Waals surface area contributed by atoms with Crippen molar-refractivity contribution in [2.45, 2.75) is 6.92 Å². The molecule has 0 radical (unpaired) electrons. The van der Waals surface area contributed by atoms with E-state index < -0.39 is 0 Å². The minimum Gasteiger partial charge on any atom is -0.381 e. The minimum absolute atomic E-state index is 0.249. The van der Waals surface area contributed by atoms with E-state index in [9.17, 15) is 4.39 Å². The van der Waals surface area contributed by atoms with E-state index in [1.54, 1.807) is 12.1 Å². The highest BCUT2D eigenvalue weighted by atomic mass is 79.9. The van der Waals surface area contributed by atoms with Gasteiger partial charge in [-0.2, -0.15) is 0 Å². The molecule has 0 saturated carbocycles. The molecule has 13 heavy (non-hydrogen) atoms. The third kappa shape index (κ3) is 3.19. The summed E-state index contributed by atoms with van der Waals surface area (Å²) in [5.74, 6) is -0.249. The predicted octanol–water partition coefficient (Wildman–Crippen LogP) is 3.58. The van der Waals surface area contributed by atoms with Crippen molar-refractivity contribution in [3.8, 4) is 0 Å². The molecule has 0 bridgehead atoms. The zero-order chi connectivity index (χ0) is 9.84. The highest BCUT2D eigenvalue weighted by molar-refractivity contribution is 9.10. The Morgan fingerprint density at radius 3 is 2.85 bits per heavy atom. The van der Waals surface area contributed by atoms with E-state index in [2.05, 4.69) is 27.8 Å². The van der Waals surface area contributed by atoms with Crippen molar-refractivity contribution < 1.29 is 4.39 Å². The Kier molecular flexibility index (Phi) is 3.48. The van der Waals surface area contributed by atoms with Crippen LogP contribution in [0.5, 0.6) is 0 Å². The second kappa shape index (κ2) is 4.42. The van der Waals surface area contributed by atoms with Gasteiger partial charge in [0.25, 0.3) is 0 Å². The van der Waals surface area contributed by atoms with Crippen molar-refractivity contribution in [3.05, 3.63) is 40.6 Å². The van der Waals surface area contributed by atoms with Gasteiger partial charge in [0.2, 0.25) is 0 Å². The number of halogens is 2. The summed E-state index contributed by atoms with van der Waals surface area (Å²) in [5, 5.41) is 3.12. The van der Waals surface area contributed by atoms with E-state index in [1.807, 2.05) is 6.92 Å². The molecule has 0 fully saturated rings. The van der Waals surface area contributed by atoms with Crippen LogP contribution < -0.4 is 5.32 Å². The van der Waals surface area contributed by atoms with E-state index in [-0.39, 0.29) is 5.82 Å². The highest BCUT2D eigenvalue weighted by Crippen LogP contribution is 2.19. The third-order valence-corrected chi connectivity index (χ3v) is 2.12. The molecule has 0 aliphatic rings. The average Bonchev–Trinajstić information content (AvgIpc) is 2.07. The smallest absolute Gasteiger partial charge is 0.137 e. The van der Waals surface area contributed by atoms with Crippen LogP contribution in [0.25, 0.3) is 0 Å². The molecule has 0 atom stereocenters. The maximum atomic E-state index is 12.8. The topological polar surface area (TPSA) is 12.0 Å². The molecule has 0 aliphatic heterocycles. The van der Waals surface area contributed by atoms with Gasteiger partial charge in [0, 0.05) is 12.2 Å². The Bertz CT molecular complexity index is 323. The molecule has 1 aromatic rings. The van der Waals surface area contributed by atoms with Crippen LogP contribution in [0.4, 0.5) is 10.1 Å². The van der Waals surface area contributed by atoms with Gasteiger partial charge < -0.3 is 5.32 Å². The van der Waals surface area contributed by atoms with E-state index in [1.165, 1.54) is 6.07 Å². The number of hydrogen-bond donors (Lipinski definition) is 1. The summed E-state index contributed by atoms with van der Waals surface area (Å²) >= 11 is 3.12. The maximum absolute atomic E-state index is 12.8. The molecule has 0 amide bonds. The van der Waals surface area contributed by atoms with Crippen LogP contribution in [-0.2, 0) is 0 Å². The Balaban J connectivity index is 2.68. The lowest BCUT2D eigenvalue weighted by atomic mass is 10.3. The summed E-state index contributed by atoms with van der Waals surface area (Å²) in [6.45, 7) is 6.40. The molecular formula is C10H11BrFN. The van der Waals surface area contributed by atoms with Crippen LogP contribution >= 0.6 is 15.9 Å². The largest absolute Gasteiger partial charge is 0.381 e. The van der Waals surface area contributed by atoms with Gasteiger partial charge in [-0.25, -0.2) is 4.39 Å². The standard InChI is InChI=1S/C10H11BrFN/c1-7(2)6-13-8-3-4-10(12)9(11)5-8/h3-5,13H,1,6H2,2H3. The zero-order valence-electron chi connectivity index (χ0n) is 7.40. The summed E-state index contributed by atoms with van der Waals surface area (Å²) in [6, 6.07) is 4.83. The molecule has 3 heteroatoms. The summed E-state index contributed by atoms with van der Waals surface area (Å²) < 4.78 is 13.3. The fourth-order valence-electron chi connectivity index (χ4n) is 0.859. The first-order valence-electron chi connectivity index (χ1n) is 3.93. The fourth-order valence-corrected chi connectivity index (χ4v) is 1.24. The van der Waals surface area contributed by atoms with Crippen LogP contribution in [0.3, 0.4) is 0 Å². The van der Waals surface area contributed by atoms with Gasteiger partial charge in [0.1, 0.15) is 5.82 Å². The number of benzene rings is 1. The molecule has 0 unspecified atom stereocenters. The first kappa shape index (κ1) is 10.3. The van der Waals surface area contributed by atoms with Crippen molar-refractivity contribution in [1.29, 1.82) is 0 Å². The van der Waals surface area contributed by atoms with Gasteiger partial charge in [-0.15, -0.1) is 0 Å². The van der Waals surface area contributed by atoms with Crippen LogP contribution in [0, 0.1) is 5.82 Å². The van der Waals surface area contributed by atoms with Crippen molar-refractivity contribution in [1.82, 2.24) is 0 Å². The Labute approximate surface area is 85.8 Å². The van der Waals surface area contributed by atoms with Gasteiger partial charge in [-0.1, -0.05) is 12.2 Å². The van der Waals surface area contributed by atoms with Gasteiger partial charge in [-0.05, 0) is 41.1 Å². The molecule has 1 N–H and O–H groups in total. The summed E-state index contributed by atoms with van der Waals surface area (Å²) in [5.41, 5.74) is 1.93. The molecule has 70 valence electrons. The van der Waals surface area contributed by atoms with Crippen molar-refractivity contribution in [2.24, 2.45) is 0 Å². The minimum atomic E-state index is -0.249. The molecule has 1 aromatic carbocycles. The van der Waals surface area contributed by atoms with Gasteiger partial charge in [-0.3, -0.25) is 0 Å². The highest BCUT2D eigenvalue weighted by Gasteiger charge is 1.99. The lowest BCUT2D eigenvalue weighted by Gasteiger charge is -2.06. The average molecular weight is 244 g/mol. The SMILES string of the molecule is C=C(C)CNc1ccc(F)c(Br)c1. The van der Waals surface area contributed by atoms with Crippen molar-refractivity contribution in [3.63, 3.8) is 0 Å².